The molecule has 2 aromatic carbocycles. The molecule has 0 spiro atoms. The van der Waals surface area contributed by atoms with Crippen molar-refractivity contribution in [3.05, 3.63) is 88.7 Å². The van der Waals surface area contributed by atoms with Crippen LogP contribution in [0.15, 0.2) is 66.9 Å². The van der Waals surface area contributed by atoms with Crippen molar-refractivity contribution in [2.45, 2.75) is 53.7 Å². The third kappa shape index (κ3) is 9.21. The Labute approximate surface area is 198 Å². The van der Waals surface area contributed by atoms with Crippen LogP contribution in [-0.4, -0.2) is 18.0 Å². The monoisotopic (exact) mass is 454 g/mol. The topological polar surface area (TPSA) is 51.2 Å². The van der Waals surface area contributed by atoms with Gasteiger partial charge >= 0.3 is 0 Å². The SMILES string of the molecule is CC.CCCC.COCc1cc(C(=O)NCc2ccccn2)ccc1-c1ccc(Cl)cc1. The molecule has 0 aliphatic carbocycles. The number of benzene rings is 2. The summed E-state index contributed by atoms with van der Waals surface area (Å²) in [6.45, 7) is 9.16. The minimum Gasteiger partial charge on any atom is -0.380 e. The van der Waals surface area contributed by atoms with E-state index in [1.165, 1.54) is 12.8 Å². The van der Waals surface area contributed by atoms with Crippen molar-refractivity contribution in [3.8, 4) is 11.1 Å². The molecular formula is C27H35ClN2O2. The molecule has 0 bridgehead atoms. The minimum atomic E-state index is -0.143. The molecule has 0 unspecified atom stereocenters. The van der Waals surface area contributed by atoms with Crippen molar-refractivity contribution < 1.29 is 9.53 Å². The number of hydrogen-bond acceptors (Lipinski definition) is 3. The zero-order valence-corrected chi connectivity index (χ0v) is 20.6. The molecule has 0 fully saturated rings. The first-order chi connectivity index (χ1) is 15.6. The third-order valence-corrected chi connectivity index (χ3v) is 4.73. The Kier molecular flexibility index (Phi) is 13.7. The number of unbranched alkanes of at least 4 members (excludes halogenated alkanes) is 1. The van der Waals surface area contributed by atoms with Gasteiger partial charge in [0.2, 0.25) is 0 Å². The summed E-state index contributed by atoms with van der Waals surface area (Å²) >= 11 is 5.97. The molecule has 5 heteroatoms. The largest absolute Gasteiger partial charge is 0.380 e. The molecule has 172 valence electrons. The number of pyridine rings is 1. The maximum Gasteiger partial charge on any atom is 0.251 e. The molecule has 32 heavy (non-hydrogen) atoms. The molecule has 0 atom stereocenters. The van der Waals surface area contributed by atoms with Crippen LogP contribution < -0.4 is 5.32 Å². The molecule has 1 aromatic heterocycles. The quantitative estimate of drug-likeness (QED) is 0.407. The Balaban J connectivity index is 0.000000769. The van der Waals surface area contributed by atoms with Gasteiger partial charge in [-0.15, -0.1) is 0 Å². The van der Waals surface area contributed by atoms with Crippen molar-refractivity contribution >= 4 is 17.5 Å². The lowest BCUT2D eigenvalue weighted by Gasteiger charge is -2.12. The van der Waals surface area contributed by atoms with Gasteiger partial charge in [0, 0.05) is 23.9 Å². The van der Waals surface area contributed by atoms with E-state index in [9.17, 15) is 4.79 Å². The summed E-state index contributed by atoms with van der Waals surface area (Å²) in [4.78, 5) is 16.7. The number of nitrogens with one attached hydrogen (secondary N) is 1. The van der Waals surface area contributed by atoms with Crippen LogP contribution in [0.2, 0.25) is 5.02 Å². The smallest absolute Gasteiger partial charge is 0.251 e. The van der Waals surface area contributed by atoms with Gasteiger partial charge in [0.1, 0.15) is 0 Å². The summed E-state index contributed by atoms with van der Waals surface area (Å²) in [7, 11) is 1.64. The first-order valence-electron chi connectivity index (χ1n) is 11.1. The summed E-state index contributed by atoms with van der Waals surface area (Å²) < 4.78 is 5.31. The van der Waals surface area contributed by atoms with Crippen LogP contribution in [0.4, 0.5) is 0 Å². The van der Waals surface area contributed by atoms with E-state index >= 15 is 0 Å². The van der Waals surface area contributed by atoms with Crippen molar-refractivity contribution in [2.24, 2.45) is 0 Å². The molecule has 1 heterocycles. The number of ether oxygens (including phenoxy) is 1. The highest BCUT2D eigenvalue weighted by atomic mass is 35.5. The molecular weight excluding hydrogens is 420 g/mol. The lowest BCUT2D eigenvalue weighted by molar-refractivity contribution is 0.0950. The average Bonchev–Trinajstić information content (AvgIpc) is 2.85. The van der Waals surface area contributed by atoms with Gasteiger partial charge < -0.3 is 10.1 Å². The molecule has 0 aliphatic rings. The van der Waals surface area contributed by atoms with Crippen molar-refractivity contribution in [1.29, 1.82) is 0 Å². The van der Waals surface area contributed by atoms with Gasteiger partial charge in [0.25, 0.3) is 5.91 Å². The van der Waals surface area contributed by atoms with E-state index in [1.807, 2.05) is 74.5 Å². The van der Waals surface area contributed by atoms with Gasteiger partial charge in [0.05, 0.1) is 18.8 Å². The Morgan fingerprint density at radius 3 is 2.25 bits per heavy atom. The molecule has 0 radical (unpaired) electrons. The number of amides is 1. The predicted octanol–water partition coefficient (Wildman–Crippen LogP) is 7.31. The Bertz CT molecular complexity index is 911. The fraction of sp³-hybridized carbons (Fsp3) is 0.333. The van der Waals surface area contributed by atoms with E-state index in [0.717, 1.165) is 22.4 Å². The van der Waals surface area contributed by atoms with Crippen LogP contribution in [0.1, 0.15) is 62.2 Å². The predicted molar refractivity (Wildman–Crippen MR) is 135 cm³/mol. The molecule has 3 rings (SSSR count). The number of methoxy groups -OCH3 is 1. The maximum absolute atomic E-state index is 12.5. The lowest BCUT2D eigenvalue weighted by Crippen LogP contribution is -2.23. The standard InChI is InChI=1S/C21H19ClN2O2.C4H10.C2H6/c1-26-14-17-12-16(21(25)24-13-19-4-2-3-11-23-19)7-10-20(17)15-5-8-18(22)9-6-15;1-3-4-2;1-2/h2-12H,13-14H2,1H3,(H,24,25);3-4H2,1-2H3;1-2H3. The van der Waals surface area contributed by atoms with Gasteiger partial charge in [-0.25, -0.2) is 0 Å². The fourth-order valence-electron chi connectivity index (χ4n) is 2.70. The normalized spacial score (nSPS) is 9.69. The Hall–Kier alpha value is -2.69. The van der Waals surface area contributed by atoms with Gasteiger partial charge in [-0.1, -0.05) is 76.4 Å². The van der Waals surface area contributed by atoms with E-state index < -0.39 is 0 Å². The molecule has 1 amide bonds. The van der Waals surface area contributed by atoms with Crippen LogP contribution in [0.3, 0.4) is 0 Å². The third-order valence-electron chi connectivity index (χ3n) is 4.48. The molecule has 1 N–H and O–H groups in total. The highest BCUT2D eigenvalue weighted by Crippen LogP contribution is 2.27. The van der Waals surface area contributed by atoms with Crippen molar-refractivity contribution in [2.75, 3.05) is 7.11 Å². The van der Waals surface area contributed by atoms with Crippen LogP contribution >= 0.6 is 11.6 Å². The number of halogens is 1. The lowest BCUT2D eigenvalue weighted by atomic mass is 9.97. The van der Waals surface area contributed by atoms with Gasteiger partial charge in [-0.2, -0.15) is 0 Å². The summed E-state index contributed by atoms with van der Waals surface area (Å²) in [6, 6.07) is 18.8. The highest BCUT2D eigenvalue weighted by molar-refractivity contribution is 6.30. The zero-order chi connectivity index (χ0) is 23.8. The van der Waals surface area contributed by atoms with Crippen molar-refractivity contribution in [1.82, 2.24) is 10.3 Å². The van der Waals surface area contributed by atoms with Crippen LogP contribution in [0.5, 0.6) is 0 Å². The number of rotatable bonds is 7. The highest BCUT2D eigenvalue weighted by Gasteiger charge is 2.11. The summed E-state index contributed by atoms with van der Waals surface area (Å²) in [5, 5.41) is 3.58. The Morgan fingerprint density at radius 2 is 1.69 bits per heavy atom. The van der Waals surface area contributed by atoms with E-state index in [0.29, 0.717) is 23.7 Å². The second-order valence-corrected chi connectivity index (χ2v) is 7.25. The molecule has 4 nitrogen and oxygen atoms in total. The van der Waals surface area contributed by atoms with Gasteiger partial charge in [0.15, 0.2) is 0 Å². The van der Waals surface area contributed by atoms with Crippen LogP contribution in [-0.2, 0) is 17.9 Å². The van der Waals surface area contributed by atoms with E-state index in [-0.39, 0.29) is 5.91 Å². The first-order valence-corrected chi connectivity index (χ1v) is 11.5. The first kappa shape index (κ1) is 27.3. The van der Waals surface area contributed by atoms with Gasteiger partial charge in [-0.3, -0.25) is 9.78 Å². The van der Waals surface area contributed by atoms with Crippen LogP contribution in [0, 0.1) is 0 Å². The average molecular weight is 455 g/mol. The number of hydrogen-bond donors (Lipinski definition) is 1. The second-order valence-electron chi connectivity index (χ2n) is 6.82. The van der Waals surface area contributed by atoms with Crippen LogP contribution in [0.25, 0.3) is 11.1 Å². The van der Waals surface area contributed by atoms with E-state index in [1.54, 1.807) is 13.3 Å². The summed E-state index contributed by atoms with van der Waals surface area (Å²) in [5.74, 6) is -0.143. The molecule has 3 aromatic rings. The number of carbonyl (C=O) groups excluding carboxylic acids is 1. The zero-order valence-electron chi connectivity index (χ0n) is 19.8. The van der Waals surface area contributed by atoms with E-state index in [4.69, 9.17) is 16.3 Å². The number of carbonyl (C=O) groups is 1. The molecule has 0 saturated carbocycles. The van der Waals surface area contributed by atoms with E-state index in [2.05, 4.69) is 24.1 Å². The number of aromatic nitrogens is 1. The fourth-order valence-corrected chi connectivity index (χ4v) is 2.82. The van der Waals surface area contributed by atoms with Gasteiger partial charge in [-0.05, 0) is 53.1 Å². The minimum absolute atomic E-state index is 0.143. The maximum atomic E-state index is 12.5. The summed E-state index contributed by atoms with van der Waals surface area (Å²) in [5.41, 5.74) is 4.40. The van der Waals surface area contributed by atoms with Crippen molar-refractivity contribution in [3.63, 3.8) is 0 Å². The molecule has 0 aliphatic heterocycles. The molecule has 0 saturated heterocycles. The summed E-state index contributed by atoms with van der Waals surface area (Å²) in [6.07, 6.45) is 4.35. The Morgan fingerprint density at radius 1 is 1.00 bits per heavy atom. The second kappa shape index (κ2) is 16.0. The number of nitrogens with zero attached hydrogens (tertiary/aromatic N) is 1.